The van der Waals surface area contributed by atoms with Gasteiger partial charge >= 0.3 is 0 Å². The van der Waals surface area contributed by atoms with Crippen molar-refractivity contribution in [1.29, 1.82) is 0 Å². The molecule has 0 saturated heterocycles. The van der Waals surface area contributed by atoms with E-state index in [0.29, 0.717) is 37.6 Å². The Morgan fingerprint density at radius 1 is 0.525 bits per heavy atom. The van der Waals surface area contributed by atoms with E-state index in [-0.39, 0.29) is 21.1 Å². The zero-order valence-corrected chi connectivity index (χ0v) is 34.6. The summed E-state index contributed by atoms with van der Waals surface area (Å²) in [5, 5.41) is 0. The third-order valence-electron chi connectivity index (χ3n) is 6.03. The average Bonchev–Trinajstić information content (AvgIpc) is 2.83. The predicted molar refractivity (Wildman–Crippen MR) is 183 cm³/mol. The van der Waals surface area contributed by atoms with Crippen molar-refractivity contribution in [2.24, 2.45) is 17.8 Å². The SMILES string of the molecule is CCCCC(CC)COP([O-])(=S)[S-].CCCCC(CC)COP([O-])(=S)[S-].CCCCC(CC)COP([O-])(=S)[S-].[Mo]. The van der Waals surface area contributed by atoms with Gasteiger partial charge in [-0.05, 0) is 37.0 Å². The zero-order chi connectivity index (χ0) is 31.0. The van der Waals surface area contributed by atoms with Gasteiger partial charge < -0.3 is 65.0 Å². The van der Waals surface area contributed by atoms with Gasteiger partial charge in [0.05, 0.1) is 19.8 Å². The van der Waals surface area contributed by atoms with Gasteiger partial charge in [0.15, 0.2) is 0 Å². The quantitative estimate of drug-likeness (QED) is 0.0675. The first-order chi connectivity index (χ1) is 18.0. The molecule has 0 fully saturated rings. The molecule has 0 radical (unpaired) electrons. The van der Waals surface area contributed by atoms with Gasteiger partial charge in [-0.1, -0.05) is 99.3 Å². The number of unbranched alkanes of at least 4 members (excludes halogenated alkanes) is 3. The molecule has 0 spiro atoms. The van der Waals surface area contributed by atoms with Gasteiger partial charge in [0, 0.05) is 21.1 Å². The molecular formula is C24H51MoO6P3S6-6. The molecule has 0 aliphatic carbocycles. The third kappa shape index (κ3) is 43.6. The van der Waals surface area contributed by atoms with Gasteiger partial charge in [0.25, 0.3) is 0 Å². The molecule has 0 heterocycles. The van der Waals surface area contributed by atoms with Crippen LogP contribution in [0.15, 0.2) is 0 Å². The fourth-order valence-electron chi connectivity index (χ4n) is 3.28. The maximum Gasteiger partial charge on any atom is 0.0506 e. The summed E-state index contributed by atoms with van der Waals surface area (Å²) in [6.07, 6.45) is 13.5. The van der Waals surface area contributed by atoms with Crippen LogP contribution in [0.5, 0.6) is 0 Å². The first kappa shape index (κ1) is 50.3. The van der Waals surface area contributed by atoms with Crippen LogP contribution in [0.2, 0.25) is 0 Å². The van der Waals surface area contributed by atoms with E-state index in [9.17, 15) is 14.7 Å². The van der Waals surface area contributed by atoms with E-state index in [0.717, 1.165) is 38.5 Å². The van der Waals surface area contributed by atoms with Crippen molar-refractivity contribution >= 4 is 89.2 Å². The fourth-order valence-corrected chi connectivity index (χ4v) is 5.56. The van der Waals surface area contributed by atoms with Crippen LogP contribution in [0.4, 0.5) is 0 Å². The normalized spacial score (nSPS) is 17.7. The summed E-state index contributed by atoms with van der Waals surface area (Å²) in [7, 11) is 0. The zero-order valence-electron chi connectivity index (χ0n) is 25.0. The third-order valence-corrected chi connectivity index (χ3v) is 9.33. The molecule has 0 N–H and O–H groups in total. The molecule has 40 heavy (non-hydrogen) atoms. The van der Waals surface area contributed by atoms with Crippen LogP contribution in [-0.4, -0.2) is 19.8 Å². The largest absolute Gasteiger partial charge is 0.819 e. The molecule has 0 aliphatic rings. The molecule has 6 nitrogen and oxygen atoms in total. The summed E-state index contributed by atoms with van der Waals surface area (Å²) in [6, 6.07) is 0. The minimum atomic E-state index is -3.10. The van der Waals surface area contributed by atoms with Crippen molar-refractivity contribution in [2.75, 3.05) is 19.8 Å². The molecular weight excluding hydrogens is 766 g/mol. The van der Waals surface area contributed by atoms with Crippen molar-refractivity contribution in [3.8, 4) is 0 Å². The van der Waals surface area contributed by atoms with E-state index in [2.05, 4.69) is 114 Å². The summed E-state index contributed by atoms with van der Waals surface area (Å²) in [5.74, 6) is 1.37. The van der Waals surface area contributed by atoms with Crippen molar-refractivity contribution in [3.63, 3.8) is 0 Å². The van der Waals surface area contributed by atoms with Crippen molar-refractivity contribution in [3.05, 3.63) is 0 Å². The van der Waals surface area contributed by atoms with E-state index in [4.69, 9.17) is 13.6 Å². The summed E-state index contributed by atoms with van der Waals surface area (Å²) < 4.78 is 14.9. The van der Waals surface area contributed by atoms with Crippen LogP contribution in [0.3, 0.4) is 0 Å². The first-order valence-corrected chi connectivity index (χ1v) is 24.9. The van der Waals surface area contributed by atoms with Crippen molar-refractivity contribution < 1.29 is 49.3 Å². The van der Waals surface area contributed by atoms with Crippen LogP contribution in [0.25, 0.3) is 0 Å². The number of rotatable bonds is 21. The number of hydrogen-bond donors (Lipinski definition) is 0. The molecule has 6 unspecified atom stereocenters. The maximum atomic E-state index is 10.9. The van der Waals surface area contributed by atoms with E-state index in [1.165, 1.54) is 38.5 Å². The van der Waals surface area contributed by atoms with Gasteiger partial charge in [-0.15, -0.1) is 52.5 Å². The van der Waals surface area contributed by atoms with Gasteiger partial charge in [-0.3, -0.25) is 0 Å². The fraction of sp³-hybridized carbons (Fsp3) is 1.00. The first-order valence-electron chi connectivity index (χ1n) is 14.0. The van der Waals surface area contributed by atoms with Crippen molar-refractivity contribution in [1.82, 2.24) is 0 Å². The molecule has 16 heteroatoms. The van der Waals surface area contributed by atoms with Crippen LogP contribution < -0.4 is 14.7 Å². The summed E-state index contributed by atoms with van der Waals surface area (Å²) >= 11 is 27.1. The molecule has 0 aromatic carbocycles. The molecule has 0 aromatic rings. The molecule has 6 atom stereocenters. The Balaban J connectivity index is -0.000000240. The van der Waals surface area contributed by atoms with Crippen LogP contribution in [0, 0.1) is 17.8 Å². The second-order valence-corrected chi connectivity index (χ2v) is 23.7. The van der Waals surface area contributed by atoms with E-state index < -0.39 is 17.1 Å². The summed E-state index contributed by atoms with van der Waals surface area (Å²) in [4.78, 5) is 32.7. The Morgan fingerprint density at radius 2 is 0.725 bits per heavy atom. The molecule has 0 amide bonds. The topological polar surface area (TPSA) is 96.9 Å². The van der Waals surface area contributed by atoms with Gasteiger partial charge in [-0.2, -0.15) is 0 Å². The van der Waals surface area contributed by atoms with Crippen molar-refractivity contribution in [2.45, 2.75) is 119 Å². The maximum absolute atomic E-state index is 10.9. The second-order valence-electron chi connectivity index (χ2n) is 9.48. The van der Waals surface area contributed by atoms with E-state index in [1.54, 1.807) is 0 Å². The van der Waals surface area contributed by atoms with Crippen LogP contribution in [-0.2, 0) is 107 Å². The molecule has 0 aromatic heterocycles. The van der Waals surface area contributed by atoms with E-state index in [1.807, 2.05) is 0 Å². The Hall–Kier alpha value is 3.45. The standard InChI is InChI=1S/3C8H19O2PS2.Mo/c3*1-3-5-6-8(4-2)7-10-11(9,12)13;/h3*8H,3-7H2,1-2H3,(H2,9,12,13);/p-6. The molecule has 0 aliphatic heterocycles. The Kier molecular flexibility index (Phi) is 39.1. The van der Waals surface area contributed by atoms with Crippen LogP contribution in [0.1, 0.15) is 119 Å². The molecule has 0 bridgehead atoms. The Morgan fingerprint density at radius 3 is 0.850 bits per heavy atom. The molecule has 246 valence electrons. The van der Waals surface area contributed by atoms with Gasteiger partial charge in [0.1, 0.15) is 0 Å². The van der Waals surface area contributed by atoms with Crippen LogP contribution >= 0.6 is 17.1 Å². The minimum absolute atomic E-state index is 0. The Labute approximate surface area is 292 Å². The summed E-state index contributed by atoms with van der Waals surface area (Å²) in [5.41, 5.74) is -9.29. The van der Waals surface area contributed by atoms with Gasteiger partial charge in [0.2, 0.25) is 0 Å². The predicted octanol–water partition coefficient (Wildman–Crippen LogP) is 7.05. The molecule has 0 rings (SSSR count). The second kappa shape index (κ2) is 31.1. The van der Waals surface area contributed by atoms with E-state index >= 15 is 0 Å². The minimum Gasteiger partial charge on any atom is -0.819 e. The smallest absolute Gasteiger partial charge is 0.0506 e. The number of hydrogen-bond acceptors (Lipinski definition) is 12. The molecule has 0 saturated carbocycles. The Bertz CT molecular complexity index is 606. The monoisotopic (exact) mass is 818 g/mol. The summed E-state index contributed by atoms with van der Waals surface area (Å²) in [6.45, 7) is 14.1. The van der Waals surface area contributed by atoms with Gasteiger partial charge in [-0.25, -0.2) is 0 Å². The average molecular weight is 817 g/mol.